The Balaban J connectivity index is 1.58. The lowest BCUT2D eigenvalue weighted by Gasteiger charge is -2.34. The minimum atomic E-state index is -1.37. The minimum absolute atomic E-state index is 0.190. The molecule has 31 heavy (non-hydrogen) atoms. The fourth-order valence-corrected chi connectivity index (χ4v) is 4.63. The van der Waals surface area contributed by atoms with E-state index in [-0.39, 0.29) is 5.49 Å². The molecule has 9 nitrogen and oxygen atoms in total. The second-order valence-corrected chi connectivity index (χ2v) is 8.91. The largest absolute Gasteiger partial charge is 0.409 e. The molecule has 10 heteroatoms. The number of hydrogen-bond acceptors (Lipinski definition) is 7. The van der Waals surface area contributed by atoms with Gasteiger partial charge in [-0.1, -0.05) is 28.9 Å². The monoisotopic (exact) mass is 446 g/mol. The normalized spacial score (nSPS) is 29.9. The molecule has 5 rings (SSSR count). The Morgan fingerprint density at radius 3 is 2.61 bits per heavy atom. The van der Waals surface area contributed by atoms with E-state index < -0.39 is 35.9 Å². The van der Waals surface area contributed by atoms with Gasteiger partial charge in [0, 0.05) is 11.2 Å². The summed E-state index contributed by atoms with van der Waals surface area (Å²) in [4.78, 5) is 7.09. The van der Waals surface area contributed by atoms with Crippen molar-refractivity contribution < 1.29 is 24.5 Å². The molecule has 2 saturated heterocycles. The first kappa shape index (κ1) is 20.5. The van der Waals surface area contributed by atoms with Crippen LogP contribution in [0.15, 0.2) is 48.0 Å². The van der Waals surface area contributed by atoms with Crippen molar-refractivity contribution in [2.45, 2.75) is 56.7 Å². The standard InChI is InChI=1S/C21H23ClN4O5/c1-20(2)30-14-15(31-20)19(26-9-8-13-17(25-28)23-10-24-18(13)26)29-16(14)21(3,27)11-4-6-12(22)7-5-11/h4-10,14-16,19,27-28H,1-3H3,(H,23,24,25)/t14-,15+,16-,19+,21+/m0/s1. The highest BCUT2D eigenvalue weighted by Crippen LogP contribution is 2.48. The van der Waals surface area contributed by atoms with Crippen LogP contribution in [0, 0.1) is 0 Å². The number of aliphatic hydroxyl groups is 1. The maximum Gasteiger partial charge on any atom is 0.203 e. The highest BCUT2D eigenvalue weighted by Gasteiger charge is 2.60. The van der Waals surface area contributed by atoms with E-state index in [9.17, 15) is 10.3 Å². The molecule has 2 aliphatic heterocycles. The molecular formula is C21H23ClN4O5. The van der Waals surface area contributed by atoms with Crippen molar-refractivity contribution in [1.29, 1.82) is 0 Å². The highest BCUT2D eigenvalue weighted by molar-refractivity contribution is 6.30. The van der Waals surface area contributed by atoms with Crippen molar-refractivity contribution in [2.24, 2.45) is 5.16 Å². The average molecular weight is 447 g/mol. The molecule has 0 unspecified atom stereocenters. The van der Waals surface area contributed by atoms with Gasteiger partial charge >= 0.3 is 0 Å². The summed E-state index contributed by atoms with van der Waals surface area (Å²) in [5.74, 6) is -0.842. The van der Waals surface area contributed by atoms with Crippen LogP contribution >= 0.6 is 11.6 Å². The van der Waals surface area contributed by atoms with E-state index in [1.54, 1.807) is 43.5 Å². The third-order valence-corrected chi connectivity index (χ3v) is 6.18. The van der Waals surface area contributed by atoms with E-state index in [1.807, 2.05) is 18.4 Å². The molecule has 0 saturated carbocycles. The van der Waals surface area contributed by atoms with Gasteiger partial charge in [-0.2, -0.15) is 0 Å². The van der Waals surface area contributed by atoms with Crippen molar-refractivity contribution in [1.82, 2.24) is 14.5 Å². The number of nitrogens with one attached hydrogen (secondary N) is 1. The zero-order valence-corrected chi connectivity index (χ0v) is 17.9. The first-order valence-electron chi connectivity index (χ1n) is 9.93. The molecule has 2 aliphatic rings. The smallest absolute Gasteiger partial charge is 0.203 e. The molecule has 3 aromatic rings. The lowest BCUT2D eigenvalue weighted by atomic mass is 9.87. The predicted octanol–water partition coefficient (Wildman–Crippen LogP) is 2.63. The van der Waals surface area contributed by atoms with Crippen LogP contribution in [-0.4, -0.2) is 48.9 Å². The maximum absolute atomic E-state index is 11.5. The number of aromatic nitrogens is 3. The SMILES string of the molecule is CC1(C)O[C@@H]2[C@H](O1)[C@@H]([C@](C)(O)c1ccc(Cl)cc1)O[C@H]2n1ccc2/c(=N/O)nc[nH]c21. The zero-order chi connectivity index (χ0) is 22.0. The average Bonchev–Trinajstić information content (AvgIpc) is 3.38. The summed E-state index contributed by atoms with van der Waals surface area (Å²) in [5, 5.41) is 25.2. The number of halogens is 1. The number of nitrogens with zero attached hydrogens (tertiary/aromatic N) is 3. The van der Waals surface area contributed by atoms with E-state index in [1.165, 1.54) is 6.33 Å². The number of benzene rings is 1. The molecule has 2 fully saturated rings. The van der Waals surface area contributed by atoms with Crippen LogP contribution in [0.1, 0.15) is 32.6 Å². The summed E-state index contributed by atoms with van der Waals surface area (Å²) in [6, 6.07) is 8.78. The minimum Gasteiger partial charge on any atom is -0.409 e. The van der Waals surface area contributed by atoms with Gasteiger partial charge in [0.25, 0.3) is 0 Å². The van der Waals surface area contributed by atoms with Gasteiger partial charge in [-0.3, -0.25) is 0 Å². The molecule has 5 atom stereocenters. The molecule has 4 heterocycles. The van der Waals surface area contributed by atoms with E-state index in [2.05, 4.69) is 15.1 Å². The zero-order valence-electron chi connectivity index (χ0n) is 17.2. The Hall–Kier alpha value is -2.43. The number of hydrogen-bond donors (Lipinski definition) is 3. The summed E-state index contributed by atoms with van der Waals surface area (Å²) in [5.41, 5.74) is 0.123. The Bertz CT molecular complexity index is 1190. The Kier molecular flexibility index (Phi) is 4.65. The molecule has 1 aromatic carbocycles. The number of ether oxygens (including phenoxy) is 3. The fraction of sp³-hybridized carbons (Fsp3) is 0.429. The first-order valence-corrected chi connectivity index (χ1v) is 10.3. The topological polar surface area (TPSA) is 114 Å². The molecule has 0 radical (unpaired) electrons. The predicted molar refractivity (Wildman–Crippen MR) is 110 cm³/mol. The number of H-pyrrole nitrogens is 1. The third-order valence-electron chi connectivity index (χ3n) is 5.92. The van der Waals surface area contributed by atoms with E-state index in [0.29, 0.717) is 21.6 Å². The van der Waals surface area contributed by atoms with Gasteiger partial charge in [0.15, 0.2) is 12.0 Å². The van der Waals surface area contributed by atoms with Crippen LogP contribution in [-0.2, 0) is 19.8 Å². The summed E-state index contributed by atoms with van der Waals surface area (Å²) in [6.45, 7) is 5.37. The summed E-state index contributed by atoms with van der Waals surface area (Å²) in [6.07, 6.45) is 0.924. The lowest BCUT2D eigenvalue weighted by Crippen LogP contribution is -2.45. The van der Waals surface area contributed by atoms with Crippen LogP contribution in [0.2, 0.25) is 5.02 Å². The van der Waals surface area contributed by atoms with Gasteiger partial charge in [0.2, 0.25) is 5.49 Å². The molecule has 0 amide bonds. The summed E-state index contributed by atoms with van der Waals surface area (Å²) in [7, 11) is 0. The first-order chi connectivity index (χ1) is 14.7. The number of aromatic amines is 1. The van der Waals surface area contributed by atoms with Crippen LogP contribution in [0.3, 0.4) is 0 Å². The van der Waals surface area contributed by atoms with Crippen LogP contribution in [0.25, 0.3) is 11.0 Å². The second-order valence-electron chi connectivity index (χ2n) is 8.48. The summed E-state index contributed by atoms with van der Waals surface area (Å²) < 4.78 is 20.6. The molecule has 2 aromatic heterocycles. The fourth-order valence-electron chi connectivity index (χ4n) is 4.50. The highest BCUT2D eigenvalue weighted by atomic mass is 35.5. The molecule has 0 spiro atoms. The van der Waals surface area contributed by atoms with Crippen molar-refractivity contribution >= 4 is 22.6 Å². The lowest BCUT2D eigenvalue weighted by molar-refractivity contribution is -0.221. The summed E-state index contributed by atoms with van der Waals surface area (Å²) >= 11 is 6.02. The Morgan fingerprint density at radius 2 is 1.90 bits per heavy atom. The van der Waals surface area contributed by atoms with Crippen LogP contribution in [0.4, 0.5) is 0 Å². The van der Waals surface area contributed by atoms with Crippen molar-refractivity contribution in [3.05, 3.63) is 58.9 Å². The molecule has 164 valence electrons. The van der Waals surface area contributed by atoms with Gasteiger partial charge in [-0.05, 0) is 44.5 Å². The number of rotatable bonds is 3. The van der Waals surface area contributed by atoms with Gasteiger partial charge in [0.1, 0.15) is 29.6 Å². The van der Waals surface area contributed by atoms with E-state index in [0.717, 1.165) is 0 Å². The van der Waals surface area contributed by atoms with Gasteiger partial charge in [-0.25, -0.2) is 4.98 Å². The van der Waals surface area contributed by atoms with Gasteiger partial charge in [-0.15, -0.1) is 0 Å². The molecule has 0 bridgehead atoms. The third kappa shape index (κ3) is 3.24. The number of fused-ring (bicyclic) bond motifs is 2. The van der Waals surface area contributed by atoms with E-state index >= 15 is 0 Å². The van der Waals surface area contributed by atoms with E-state index in [4.69, 9.17) is 25.8 Å². The molecular weight excluding hydrogens is 424 g/mol. The van der Waals surface area contributed by atoms with Gasteiger partial charge in [0.05, 0.1) is 11.7 Å². The van der Waals surface area contributed by atoms with Crippen LogP contribution < -0.4 is 5.49 Å². The Morgan fingerprint density at radius 1 is 1.19 bits per heavy atom. The quantitative estimate of drug-likeness (QED) is 0.421. The van der Waals surface area contributed by atoms with Crippen molar-refractivity contribution in [3.8, 4) is 0 Å². The molecule has 3 N–H and O–H groups in total. The van der Waals surface area contributed by atoms with Crippen molar-refractivity contribution in [2.75, 3.05) is 0 Å². The van der Waals surface area contributed by atoms with Crippen molar-refractivity contribution in [3.63, 3.8) is 0 Å². The molecule has 0 aliphatic carbocycles. The van der Waals surface area contributed by atoms with Gasteiger partial charge < -0.3 is 34.1 Å². The Labute approximate surface area is 182 Å². The second kappa shape index (κ2) is 7.04. The maximum atomic E-state index is 11.5. The van der Waals surface area contributed by atoms with Crippen LogP contribution in [0.5, 0.6) is 0 Å².